The molecule has 9 nitrogen and oxygen atoms in total. The van der Waals surface area contributed by atoms with Crippen LogP contribution < -0.4 is 46.2 Å². The molecule has 0 spiro atoms. The Labute approximate surface area is 591 Å². The molecule has 1 atom stereocenters. The minimum Gasteiger partial charge on any atom is -0.484 e. The van der Waals surface area contributed by atoms with Crippen LogP contribution in [0.4, 0.5) is 0 Å². The van der Waals surface area contributed by atoms with Crippen molar-refractivity contribution in [3.05, 3.63) is 48.0 Å². The third-order valence-electron chi connectivity index (χ3n) is 21.5. The lowest BCUT2D eigenvalue weighted by molar-refractivity contribution is 0.303. The first kappa shape index (κ1) is 89.6. The molecule has 0 aromatic heterocycles. The van der Waals surface area contributed by atoms with Crippen molar-refractivity contribution in [3.63, 3.8) is 0 Å². The quantitative estimate of drug-likeness (QED) is 0.0176. The molecule has 1 aromatic carbocycles. The number of nitrogens with two attached hydrogens (primary N) is 3. The summed E-state index contributed by atoms with van der Waals surface area (Å²) in [7, 11) is -14.8. The van der Waals surface area contributed by atoms with Gasteiger partial charge in [0.25, 0.3) is 0 Å². The van der Waals surface area contributed by atoms with Crippen LogP contribution in [0.3, 0.4) is 0 Å². The van der Waals surface area contributed by atoms with Gasteiger partial charge in [0.1, 0.15) is 0 Å². The van der Waals surface area contributed by atoms with Crippen molar-refractivity contribution < 1.29 is 0 Å². The van der Waals surface area contributed by atoms with E-state index in [1.165, 1.54) is 170 Å². The van der Waals surface area contributed by atoms with Gasteiger partial charge in [-0.25, -0.2) is 29.0 Å². The van der Waals surface area contributed by atoms with E-state index < -0.39 is 72.7 Å². The summed E-state index contributed by atoms with van der Waals surface area (Å²) in [4.78, 5) is 18.8. The van der Waals surface area contributed by atoms with Gasteiger partial charge in [-0.3, -0.25) is 13.1 Å². The summed E-state index contributed by atoms with van der Waals surface area (Å²) in [6.07, 6.45) is 27.9. The highest BCUT2D eigenvalue weighted by Crippen LogP contribution is 2.51. The summed E-state index contributed by atoms with van der Waals surface area (Å²) in [6, 6.07) is 22.2. The smallest absolute Gasteiger partial charge is 0.0643 e. The average Bonchev–Trinajstić information content (AvgIpc) is 1.07. The number of nitrogens with one attached hydrogen (secondary N) is 6. The molecule has 89 heavy (non-hydrogen) atoms. The maximum absolute atomic E-state index is 6.71. The van der Waals surface area contributed by atoms with Gasteiger partial charge in [0, 0.05) is 53.2 Å². The molecular formula is C65H143Cl6N9Si9-2. The van der Waals surface area contributed by atoms with Gasteiger partial charge in [0.05, 0.1) is 56.5 Å². The minimum atomic E-state index is -1.67. The van der Waals surface area contributed by atoms with E-state index in [1.807, 2.05) is 13.1 Å². The van der Waals surface area contributed by atoms with Crippen LogP contribution in [0.15, 0.2) is 18.2 Å². The van der Waals surface area contributed by atoms with Crippen LogP contribution in [0.25, 0.3) is 0 Å². The Balaban J connectivity index is 5.34. The van der Waals surface area contributed by atoms with Gasteiger partial charge < -0.3 is 17.2 Å². The van der Waals surface area contributed by atoms with Gasteiger partial charge in [0.15, 0.2) is 0 Å². The number of hydrogen-bond acceptors (Lipinski definition) is 9. The van der Waals surface area contributed by atoms with Crippen LogP contribution in [0.2, 0.25) is 184 Å². The number of benzene rings is 1. The second-order valence-electron chi connectivity index (χ2n) is 35.7. The molecule has 0 saturated heterocycles. The highest BCUT2D eigenvalue weighted by molar-refractivity contribution is 6.81. The topological polar surface area (TPSA) is 150 Å². The van der Waals surface area contributed by atoms with Crippen LogP contribution >= 0.6 is 70.7 Å². The van der Waals surface area contributed by atoms with Crippen LogP contribution in [0, 0.1) is 13.1 Å². The van der Waals surface area contributed by atoms with Crippen molar-refractivity contribution in [3.8, 4) is 0 Å². The molecule has 1 aromatic rings. The normalized spacial score (nSPS) is 14.7. The molecule has 0 aliphatic heterocycles. The first-order valence-electron chi connectivity index (χ1n) is 35.2. The molecule has 1 rings (SSSR count). The van der Waals surface area contributed by atoms with Crippen molar-refractivity contribution in [2.45, 2.75) is 316 Å². The summed E-state index contributed by atoms with van der Waals surface area (Å²) in [6.45, 7) is 49.8. The monoisotopic (exact) mass is 1510 g/mol. The van der Waals surface area contributed by atoms with Gasteiger partial charge in [-0.15, -0.1) is 0 Å². The fraction of sp³-hybridized carbons (Fsp3) is 0.877. The molecule has 0 aliphatic carbocycles. The van der Waals surface area contributed by atoms with E-state index in [9.17, 15) is 0 Å². The third-order valence-corrected chi connectivity index (χ3v) is 49.6. The van der Waals surface area contributed by atoms with Gasteiger partial charge >= 0.3 is 0 Å². The zero-order valence-electron chi connectivity index (χ0n) is 60.8. The molecular weight excluding hydrogens is 1370 g/mol. The van der Waals surface area contributed by atoms with Crippen molar-refractivity contribution in [2.75, 3.05) is 43.2 Å². The van der Waals surface area contributed by atoms with E-state index >= 15 is 0 Å². The van der Waals surface area contributed by atoms with E-state index in [0.29, 0.717) is 0 Å². The molecule has 0 saturated carbocycles. The molecule has 0 aliphatic rings. The second kappa shape index (κ2) is 42.6. The lowest BCUT2D eigenvalue weighted by atomic mass is 9.63. The predicted octanol–water partition coefficient (Wildman–Crippen LogP) is 20.2. The van der Waals surface area contributed by atoms with Crippen LogP contribution in [-0.2, 0) is 16.2 Å². The molecule has 528 valence electrons. The Bertz CT molecular complexity index is 1820. The highest BCUT2D eigenvalue weighted by Gasteiger charge is 2.43. The average molecular weight is 1520 g/mol. The fourth-order valence-electron chi connectivity index (χ4n) is 14.7. The molecule has 0 amide bonds. The molecule has 12 N–H and O–H groups in total. The number of rotatable bonds is 56. The summed E-state index contributed by atoms with van der Waals surface area (Å²) < 4.78 is 0. The van der Waals surface area contributed by atoms with Crippen LogP contribution in [-0.4, -0.2) is 116 Å². The fourth-order valence-corrected chi connectivity index (χ4v) is 36.5. The van der Waals surface area contributed by atoms with Crippen molar-refractivity contribution >= 4 is 143 Å². The Morgan fingerprint density at radius 1 is 0.292 bits per heavy atom. The standard InChI is InChI=1S/C65H143Cl6N9Si9/c1-81(2,48-37-72)39-19-28-63(30-21-41-83(5,6)53-74,31-22-42-84(7,8)54-75-66)60-50-61(64(29-20-40-82(3,4)49-38-73,32-23-43-85(9,10)55-76-67)33-24-44-86(11,12)56-77-68)52-62(51-60)65(34-25-45-87(13,14)57-78-69,35-26-46-88(15,16)58-79-70)36-27-47-89(17,18)59-80-71/h37-38,50-52,75-80H,19-36,39-49,53-59,72-74H2,1-18H3/q-2. The van der Waals surface area contributed by atoms with E-state index in [0.717, 1.165) is 55.3 Å². The maximum Gasteiger partial charge on any atom is 0.0643 e. The number of hydrogen-bond donors (Lipinski definition) is 9. The highest BCUT2D eigenvalue weighted by atomic mass is 35.5. The molecule has 1 unspecified atom stereocenters. The Morgan fingerprint density at radius 3 is 0.596 bits per heavy atom. The Morgan fingerprint density at radius 2 is 0.449 bits per heavy atom. The number of halogens is 6. The van der Waals surface area contributed by atoms with E-state index in [4.69, 9.17) is 87.9 Å². The zero-order chi connectivity index (χ0) is 68.0. The summed E-state index contributed by atoms with van der Waals surface area (Å²) in [5.41, 5.74) is 24.2. The van der Waals surface area contributed by atoms with Crippen molar-refractivity contribution in [1.29, 1.82) is 0 Å². The predicted molar refractivity (Wildman–Crippen MR) is 434 cm³/mol. The van der Waals surface area contributed by atoms with Crippen LogP contribution in [0.5, 0.6) is 0 Å². The lowest BCUT2D eigenvalue weighted by Crippen LogP contribution is -2.40. The summed E-state index contributed by atoms with van der Waals surface area (Å²) >= 11 is 38.6. The van der Waals surface area contributed by atoms with E-state index in [1.54, 1.807) is 16.7 Å². The third kappa shape index (κ3) is 36.5. The van der Waals surface area contributed by atoms with Crippen LogP contribution in [0.1, 0.15) is 132 Å². The maximum atomic E-state index is 6.71. The Hall–Kier alpha value is 2.55. The minimum absolute atomic E-state index is 0.0203. The van der Waals surface area contributed by atoms with Gasteiger partial charge in [-0.2, -0.15) is 12.1 Å². The largest absolute Gasteiger partial charge is 0.484 e. The van der Waals surface area contributed by atoms with E-state index in [-0.39, 0.29) is 16.2 Å². The van der Waals surface area contributed by atoms with Crippen molar-refractivity contribution in [2.24, 2.45) is 17.2 Å². The SMILES string of the molecule is C[Si](C)(CN)CCCC(CCC[Si](C)(C)C[CH-]N)(CCC[Si](C)(C)CNCl)c1cc(C(CCC[Si](C)(C)C[CH-]N)(CCC[Si](C)(C)CNCl)CCC[Si](C)(C)CNCl)cc(C(CCC[Si](C)(C)CNCl)(CCC[Si](C)(C)CNCl)CCC[Si](C)(C)CNCl)c1. The molecule has 24 heteroatoms. The molecule has 0 radical (unpaired) electrons. The second-order valence-corrected chi connectivity index (χ2v) is 84.2. The zero-order valence-corrected chi connectivity index (χ0v) is 74.4. The van der Waals surface area contributed by atoms with Gasteiger partial charge in [-0.1, -0.05) is 248 Å². The first-order valence-corrected chi connectivity index (χ1v) is 68.2. The van der Waals surface area contributed by atoms with Crippen molar-refractivity contribution in [1.82, 2.24) is 29.0 Å². The first-order chi connectivity index (χ1) is 41.2. The lowest BCUT2D eigenvalue weighted by Gasteiger charge is -2.44. The summed E-state index contributed by atoms with van der Waals surface area (Å²) in [5.74, 6) is 0. The van der Waals surface area contributed by atoms with E-state index in [2.05, 4.69) is 165 Å². The van der Waals surface area contributed by atoms with Gasteiger partial charge in [0.2, 0.25) is 0 Å². The molecule has 0 fully saturated rings. The molecule has 0 heterocycles. The Kier molecular flexibility index (Phi) is 42.9. The summed E-state index contributed by atoms with van der Waals surface area (Å²) in [5, 5.41) is 0. The van der Waals surface area contributed by atoms with Gasteiger partial charge in [-0.05, 0) is 168 Å². The molecule has 0 bridgehead atoms.